The van der Waals surface area contributed by atoms with Crippen molar-refractivity contribution < 1.29 is 17.6 Å². The number of nitrogens with zero attached hydrogens (tertiary/aromatic N) is 1. The van der Waals surface area contributed by atoms with Gasteiger partial charge in [0.25, 0.3) is 0 Å². The van der Waals surface area contributed by atoms with Gasteiger partial charge in [-0.1, -0.05) is 0 Å². The maximum Gasteiger partial charge on any atom is 0.198 e. The van der Waals surface area contributed by atoms with Gasteiger partial charge in [0.15, 0.2) is 15.7 Å². The van der Waals surface area contributed by atoms with Crippen LogP contribution < -0.4 is 0 Å². The summed E-state index contributed by atoms with van der Waals surface area (Å²) >= 11 is 0. The number of carbonyl (C=O) groups excluding carboxylic acids is 1. The lowest BCUT2D eigenvalue weighted by Gasteiger charge is -2.00. The van der Waals surface area contributed by atoms with E-state index in [0.29, 0.717) is 18.1 Å². The third-order valence-corrected chi connectivity index (χ3v) is 4.34. The van der Waals surface area contributed by atoms with Crippen LogP contribution >= 0.6 is 0 Å². The molecule has 1 saturated heterocycles. The number of hydrogen-bond donors (Lipinski definition) is 0. The highest BCUT2D eigenvalue weighted by atomic mass is 32.2. The van der Waals surface area contributed by atoms with E-state index in [0.717, 1.165) is 0 Å². The topological polar surface area (TPSA) is 77.2 Å². The molecule has 0 aliphatic carbocycles. The summed E-state index contributed by atoms with van der Waals surface area (Å²) in [4.78, 5) is 14.9. The molecule has 0 aromatic carbocycles. The largest absolute Gasteiger partial charge is 0.445 e. The molecule has 0 spiro atoms. The van der Waals surface area contributed by atoms with E-state index in [4.69, 9.17) is 4.42 Å². The Morgan fingerprint density at radius 3 is 2.94 bits per heavy atom. The van der Waals surface area contributed by atoms with Crippen LogP contribution in [0.2, 0.25) is 0 Å². The van der Waals surface area contributed by atoms with E-state index in [1.807, 2.05) is 0 Å². The van der Waals surface area contributed by atoms with Crippen LogP contribution in [0.4, 0.5) is 0 Å². The van der Waals surface area contributed by atoms with Crippen molar-refractivity contribution in [3.05, 3.63) is 17.8 Å². The molecule has 88 valence electrons. The van der Waals surface area contributed by atoms with E-state index in [2.05, 4.69) is 4.98 Å². The number of Topliss-reactive ketones (excluding diaryl/α,β-unsaturated/α-hetero) is 1. The smallest absolute Gasteiger partial charge is 0.198 e. The molecule has 1 aromatic heterocycles. The molecule has 1 aliphatic rings. The molecule has 0 amide bonds. The number of oxazole rings is 1. The second kappa shape index (κ2) is 4.01. The van der Waals surface area contributed by atoms with Crippen LogP contribution in [0.1, 0.15) is 30.9 Å². The average molecular weight is 243 g/mol. The van der Waals surface area contributed by atoms with Crippen LogP contribution in [-0.2, 0) is 21.1 Å². The second-order valence-electron chi connectivity index (χ2n) is 4.14. The minimum Gasteiger partial charge on any atom is -0.445 e. The maximum absolute atomic E-state index is 11.3. The molecular weight excluding hydrogens is 230 g/mol. The molecular formula is C10H13NO4S. The first-order chi connectivity index (χ1) is 7.46. The summed E-state index contributed by atoms with van der Waals surface area (Å²) < 4.78 is 27.9. The van der Waals surface area contributed by atoms with E-state index in [9.17, 15) is 13.2 Å². The highest BCUT2D eigenvalue weighted by Gasteiger charge is 2.32. The molecule has 1 aliphatic heterocycles. The fraction of sp³-hybridized carbons (Fsp3) is 0.600. The van der Waals surface area contributed by atoms with Crippen molar-refractivity contribution in [3.63, 3.8) is 0 Å². The molecule has 1 aromatic rings. The second-order valence-corrected chi connectivity index (χ2v) is 6.37. The number of rotatable bonds is 3. The lowest BCUT2D eigenvalue weighted by Crippen LogP contribution is -2.03. The summed E-state index contributed by atoms with van der Waals surface area (Å²) in [6.45, 7) is 1.47. The third-order valence-electron chi connectivity index (χ3n) is 2.58. The number of carbonyl (C=O) groups is 1. The van der Waals surface area contributed by atoms with Gasteiger partial charge in [-0.05, 0) is 13.3 Å². The van der Waals surface area contributed by atoms with Crippen molar-refractivity contribution in [1.82, 2.24) is 4.98 Å². The zero-order chi connectivity index (χ0) is 11.8. The highest BCUT2D eigenvalue weighted by molar-refractivity contribution is 7.91. The van der Waals surface area contributed by atoms with Crippen molar-refractivity contribution in [2.45, 2.75) is 25.7 Å². The van der Waals surface area contributed by atoms with Crippen molar-refractivity contribution in [3.8, 4) is 0 Å². The maximum atomic E-state index is 11.3. The van der Waals surface area contributed by atoms with Gasteiger partial charge in [0, 0.05) is 0 Å². The zero-order valence-electron chi connectivity index (χ0n) is 8.97. The fourth-order valence-corrected chi connectivity index (χ4v) is 3.56. The first-order valence-corrected chi connectivity index (χ1v) is 6.93. The van der Waals surface area contributed by atoms with Gasteiger partial charge in [-0.25, -0.2) is 13.4 Å². The van der Waals surface area contributed by atoms with E-state index < -0.39 is 9.84 Å². The Labute approximate surface area is 93.8 Å². The van der Waals surface area contributed by atoms with Gasteiger partial charge in [-0.3, -0.25) is 4.79 Å². The summed E-state index contributed by atoms with van der Waals surface area (Å²) in [5.74, 6) is 1.10. The van der Waals surface area contributed by atoms with Crippen LogP contribution in [0.15, 0.2) is 10.6 Å². The molecule has 2 heterocycles. The molecule has 1 fully saturated rings. The Hall–Kier alpha value is -1.17. The van der Waals surface area contributed by atoms with Crippen LogP contribution in [0.5, 0.6) is 0 Å². The monoisotopic (exact) mass is 243 g/mol. The summed E-state index contributed by atoms with van der Waals surface area (Å²) in [6.07, 6.45) is 2.27. The molecule has 6 heteroatoms. The normalized spacial score (nSPS) is 23.4. The van der Waals surface area contributed by atoms with Gasteiger partial charge in [-0.2, -0.15) is 0 Å². The van der Waals surface area contributed by atoms with Gasteiger partial charge >= 0.3 is 0 Å². The standard InChI is InChI=1S/C10H13NO4S/c1-7(12)4-9-5-11-10(15-9)8-2-3-16(13,14)6-8/h5,8H,2-4,6H2,1H3. The molecule has 2 rings (SSSR count). The third kappa shape index (κ3) is 2.49. The van der Waals surface area contributed by atoms with Crippen LogP contribution in [0.3, 0.4) is 0 Å². The Balaban J connectivity index is 2.11. The van der Waals surface area contributed by atoms with Crippen LogP contribution in [0, 0.1) is 0 Å². The predicted octanol–water partition coefficient (Wildman–Crippen LogP) is 0.708. The average Bonchev–Trinajstić information content (AvgIpc) is 2.71. The van der Waals surface area contributed by atoms with E-state index >= 15 is 0 Å². The van der Waals surface area contributed by atoms with Crippen molar-refractivity contribution in [2.24, 2.45) is 0 Å². The predicted molar refractivity (Wildman–Crippen MR) is 56.9 cm³/mol. The van der Waals surface area contributed by atoms with E-state index in [-0.39, 0.29) is 29.6 Å². The Morgan fingerprint density at radius 2 is 2.38 bits per heavy atom. The minimum absolute atomic E-state index is 0.00161. The lowest BCUT2D eigenvalue weighted by atomic mass is 10.1. The van der Waals surface area contributed by atoms with Crippen molar-refractivity contribution in [1.29, 1.82) is 0 Å². The number of ketones is 1. The molecule has 0 bridgehead atoms. The molecule has 0 radical (unpaired) electrons. The number of hydrogen-bond acceptors (Lipinski definition) is 5. The number of aromatic nitrogens is 1. The summed E-state index contributed by atoms with van der Waals surface area (Å²) in [7, 11) is -2.92. The Bertz CT molecular complexity index is 503. The number of sulfone groups is 1. The van der Waals surface area contributed by atoms with Crippen molar-refractivity contribution in [2.75, 3.05) is 11.5 Å². The quantitative estimate of drug-likeness (QED) is 0.781. The van der Waals surface area contributed by atoms with E-state index in [1.54, 1.807) is 0 Å². The van der Waals surface area contributed by atoms with Crippen molar-refractivity contribution >= 4 is 15.6 Å². The molecule has 0 N–H and O–H groups in total. The van der Waals surface area contributed by atoms with Gasteiger partial charge in [0.05, 0.1) is 30.0 Å². The van der Waals surface area contributed by atoms with Gasteiger partial charge < -0.3 is 4.42 Å². The molecule has 16 heavy (non-hydrogen) atoms. The first kappa shape index (κ1) is 11.3. The Morgan fingerprint density at radius 1 is 1.62 bits per heavy atom. The van der Waals surface area contributed by atoms with Gasteiger partial charge in [-0.15, -0.1) is 0 Å². The fourth-order valence-electron chi connectivity index (χ4n) is 1.83. The Kier molecular flexibility index (Phi) is 2.84. The van der Waals surface area contributed by atoms with Gasteiger partial charge in [0.2, 0.25) is 0 Å². The molecule has 5 nitrogen and oxygen atoms in total. The molecule has 1 atom stereocenters. The summed E-state index contributed by atoms with van der Waals surface area (Å²) in [5, 5.41) is 0. The van der Waals surface area contributed by atoms with E-state index in [1.165, 1.54) is 13.1 Å². The molecule has 0 saturated carbocycles. The summed E-state index contributed by atoms with van der Waals surface area (Å²) in [6, 6.07) is 0. The lowest BCUT2D eigenvalue weighted by molar-refractivity contribution is -0.116. The van der Waals surface area contributed by atoms with Gasteiger partial charge in [0.1, 0.15) is 11.5 Å². The van der Waals surface area contributed by atoms with Crippen LogP contribution in [0.25, 0.3) is 0 Å². The molecule has 1 unspecified atom stereocenters. The van der Waals surface area contributed by atoms with Crippen LogP contribution in [-0.4, -0.2) is 30.7 Å². The summed E-state index contributed by atoms with van der Waals surface area (Å²) in [5.41, 5.74) is 0. The SMILES string of the molecule is CC(=O)Cc1cnc(C2CCS(=O)(=O)C2)o1. The highest BCUT2D eigenvalue weighted by Crippen LogP contribution is 2.28. The first-order valence-electron chi connectivity index (χ1n) is 5.11. The zero-order valence-corrected chi connectivity index (χ0v) is 9.79. The minimum atomic E-state index is -2.92.